The van der Waals surface area contributed by atoms with Crippen molar-refractivity contribution in [3.63, 3.8) is 0 Å². The Kier molecular flexibility index (Phi) is 5.65. The van der Waals surface area contributed by atoms with Gasteiger partial charge in [0.25, 0.3) is 0 Å². The molecule has 0 radical (unpaired) electrons. The number of ketones is 1. The average molecular weight is 342 g/mol. The largest absolute Gasteiger partial charge is 0.458 e. The Hall–Kier alpha value is -1.39. The molecule has 0 amide bonds. The summed E-state index contributed by atoms with van der Waals surface area (Å²) in [6, 6.07) is 10.0. The predicted octanol–water partition coefficient (Wildman–Crippen LogP) is 5.02. The van der Waals surface area contributed by atoms with Gasteiger partial charge >= 0.3 is 7.12 Å². The van der Waals surface area contributed by atoms with Crippen molar-refractivity contribution in [3.05, 3.63) is 42.0 Å². The van der Waals surface area contributed by atoms with Crippen molar-refractivity contribution in [2.75, 3.05) is 0 Å². The Labute approximate surface area is 152 Å². The maximum absolute atomic E-state index is 12.9. The number of rotatable bonds is 5. The van der Waals surface area contributed by atoms with Crippen LogP contribution in [-0.4, -0.2) is 24.1 Å². The second-order valence-electron chi connectivity index (χ2n) is 8.91. The zero-order valence-corrected chi connectivity index (χ0v) is 16.6. The summed E-state index contributed by atoms with van der Waals surface area (Å²) >= 11 is 0. The fraction of sp³-hybridized carbons (Fsp3) is 0.571. The fourth-order valence-electron chi connectivity index (χ4n) is 2.89. The molecule has 1 heterocycles. The lowest BCUT2D eigenvalue weighted by molar-refractivity contribution is -0.128. The van der Waals surface area contributed by atoms with Gasteiger partial charge in [-0.3, -0.25) is 4.79 Å². The Morgan fingerprint density at radius 1 is 1.08 bits per heavy atom. The molecule has 1 saturated heterocycles. The first kappa shape index (κ1) is 19.9. The van der Waals surface area contributed by atoms with Crippen LogP contribution in [0.1, 0.15) is 54.0 Å². The molecular weight excluding hydrogens is 311 g/mol. The molecule has 25 heavy (non-hydrogen) atoms. The van der Waals surface area contributed by atoms with Gasteiger partial charge in [0.1, 0.15) is 5.78 Å². The SMILES string of the molecule is CC(C)(C)C(=O)C(/C=C/c1ccccc1)CB1OC(C)(C)C(C)(C)O1. The lowest BCUT2D eigenvalue weighted by Gasteiger charge is -2.32. The van der Waals surface area contributed by atoms with E-state index in [1.54, 1.807) is 0 Å². The van der Waals surface area contributed by atoms with Crippen molar-refractivity contribution in [2.45, 2.75) is 66.0 Å². The molecule has 1 aliphatic rings. The number of benzene rings is 1. The summed E-state index contributed by atoms with van der Waals surface area (Å²) < 4.78 is 12.2. The van der Waals surface area contributed by atoms with Gasteiger partial charge in [-0.2, -0.15) is 0 Å². The van der Waals surface area contributed by atoms with E-state index in [4.69, 9.17) is 9.31 Å². The molecule has 0 spiro atoms. The van der Waals surface area contributed by atoms with Crippen molar-refractivity contribution in [1.29, 1.82) is 0 Å². The monoisotopic (exact) mass is 342 g/mol. The van der Waals surface area contributed by atoms with Crippen LogP contribution in [0.5, 0.6) is 0 Å². The van der Waals surface area contributed by atoms with Crippen LogP contribution >= 0.6 is 0 Å². The first-order valence-electron chi connectivity index (χ1n) is 9.05. The highest BCUT2D eigenvalue weighted by Gasteiger charge is 2.51. The maximum atomic E-state index is 12.9. The maximum Gasteiger partial charge on any atom is 0.458 e. The number of hydrogen-bond donors (Lipinski definition) is 0. The van der Waals surface area contributed by atoms with Crippen LogP contribution in [0.3, 0.4) is 0 Å². The smallest absolute Gasteiger partial charge is 0.403 e. The normalized spacial score (nSPS) is 20.8. The molecular formula is C21H31BO3. The summed E-state index contributed by atoms with van der Waals surface area (Å²) in [6.07, 6.45) is 4.54. The number of carbonyl (C=O) groups is 1. The highest BCUT2D eigenvalue weighted by atomic mass is 16.7. The van der Waals surface area contributed by atoms with E-state index in [2.05, 4.69) is 0 Å². The van der Waals surface area contributed by atoms with Gasteiger partial charge in [0.15, 0.2) is 0 Å². The first-order valence-corrected chi connectivity index (χ1v) is 9.05. The average Bonchev–Trinajstić information content (AvgIpc) is 2.70. The third-order valence-electron chi connectivity index (χ3n) is 5.14. The van der Waals surface area contributed by atoms with Crippen molar-refractivity contribution in [2.24, 2.45) is 11.3 Å². The van der Waals surface area contributed by atoms with Crippen molar-refractivity contribution < 1.29 is 14.1 Å². The molecule has 2 rings (SSSR count). The Bertz CT molecular complexity index is 610. The standard InChI is InChI=1S/C21H31BO3/c1-19(2,3)18(23)17(14-13-16-11-9-8-10-12-16)15-22-24-20(4,5)21(6,7)25-22/h8-14,17H,15H2,1-7H3/b14-13+. The summed E-state index contributed by atoms with van der Waals surface area (Å²) in [4.78, 5) is 12.9. The lowest BCUT2D eigenvalue weighted by Crippen LogP contribution is -2.41. The molecule has 1 aromatic carbocycles. The number of Topliss-reactive ketones (excluding diaryl/α,β-unsaturated/α-hetero) is 1. The summed E-state index contributed by atoms with van der Waals surface area (Å²) in [5.41, 5.74) is -0.0788. The molecule has 136 valence electrons. The molecule has 0 aromatic heterocycles. The molecule has 4 heteroatoms. The summed E-state index contributed by atoms with van der Waals surface area (Å²) in [7, 11) is -0.373. The van der Waals surface area contributed by atoms with Crippen LogP contribution in [0.2, 0.25) is 6.32 Å². The second-order valence-corrected chi connectivity index (χ2v) is 8.91. The van der Waals surface area contributed by atoms with Gasteiger partial charge in [-0.15, -0.1) is 0 Å². The van der Waals surface area contributed by atoms with Gasteiger partial charge in [0.2, 0.25) is 0 Å². The van der Waals surface area contributed by atoms with E-state index >= 15 is 0 Å². The van der Waals surface area contributed by atoms with E-state index in [1.165, 1.54) is 0 Å². The molecule has 3 nitrogen and oxygen atoms in total. The van der Waals surface area contributed by atoms with E-state index < -0.39 is 5.41 Å². The van der Waals surface area contributed by atoms with Crippen LogP contribution in [-0.2, 0) is 14.1 Å². The van der Waals surface area contributed by atoms with Crippen LogP contribution < -0.4 is 0 Å². The topological polar surface area (TPSA) is 35.5 Å². The van der Waals surface area contributed by atoms with E-state index in [1.807, 2.05) is 91.0 Å². The second kappa shape index (κ2) is 7.09. The van der Waals surface area contributed by atoms with Crippen molar-refractivity contribution in [3.8, 4) is 0 Å². The number of hydrogen-bond acceptors (Lipinski definition) is 3. The van der Waals surface area contributed by atoms with Gasteiger partial charge in [0, 0.05) is 11.3 Å². The molecule has 0 saturated carbocycles. The van der Waals surface area contributed by atoms with Gasteiger partial charge < -0.3 is 9.31 Å². The minimum Gasteiger partial charge on any atom is -0.403 e. The number of carbonyl (C=O) groups excluding carboxylic acids is 1. The molecule has 1 fully saturated rings. The minimum atomic E-state index is -0.407. The van der Waals surface area contributed by atoms with E-state index in [0.29, 0.717) is 6.32 Å². The van der Waals surface area contributed by atoms with Crippen LogP contribution in [0.25, 0.3) is 6.08 Å². The van der Waals surface area contributed by atoms with Gasteiger partial charge in [0.05, 0.1) is 11.2 Å². The van der Waals surface area contributed by atoms with Gasteiger partial charge in [-0.1, -0.05) is 63.3 Å². The van der Waals surface area contributed by atoms with Crippen molar-refractivity contribution >= 4 is 19.0 Å². The molecule has 1 atom stereocenters. The molecule has 0 aliphatic carbocycles. The third-order valence-corrected chi connectivity index (χ3v) is 5.14. The predicted molar refractivity (Wildman–Crippen MR) is 104 cm³/mol. The highest BCUT2D eigenvalue weighted by molar-refractivity contribution is 6.46. The summed E-state index contributed by atoms with van der Waals surface area (Å²) in [5.74, 6) is -0.0377. The molecule has 1 unspecified atom stereocenters. The summed E-state index contributed by atoms with van der Waals surface area (Å²) in [6.45, 7) is 14.0. The molecule has 1 aromatic rings. The molecule has 0 bridgehead atoms. The minimum absolute atomic E-state index is 0.203. The van der Waals surface area contributed by atoms with E-state index in [9.17, 15) is 4.79 Å². The van der Waals surface area contributed by atoms with Crippen LogP contribution in [0.4, 0.5) is 0 Å². The van der Waals surface area contributed by atoms with Gasteiger partial charge in [-0.05, 0) is 39.6 Å². The first-order chi connectivity index (χ1) is 11.4. The highest BCUT2D eigenvalue weighted by Crippen LogP contribution is 2.39. The fourth-order valence-corrected chi connectivity index (χ4v) is 2.89. The van der Waals surface area contributed by atoms with Crippen LogP contribution in [0, 0.1) is 11.3 Å². The van der Waals surface area contributed by atoms with Crippen LogP contribution in [0.15, 0.2) is 36.4 Å². The van der Waals surface area contributed by atoms with Gasteiger partial charge in [-0.25, -0.2) is 0 Å². The number of allylic oxidation sites excluding steroid dienone is 1. The Balaban J connectivity index is 2.19. The third kappa shape index (κ3) is 4.83. The quantitative estimate of drug-likeness (QED) is 0.705. The lowest BCUT2D eigenvalue weighted by atomic mass is 9.71. The molecule has 1 aliphatic heterocycles. The summed E-state index contributed by atoms with van der Waals surface area (Å²) in [5, 5.41) is 0. The van der Waals surface area contributed by atoms with E-state index in [-0.39, 0.29) is 30.0 Å². The van der Waals surface area contributed by atoms with Crippen molar-refractivity contribution in [1.82, 2.24) is 0 Å². The zero-order valence-electron chi connectivity index (χ0n) is 16.6. The zero-order chi connectivity index (χ0) is 18.9. The Morgan fingerprint density at radius 2 is 1.60 bits per heavy atom. The van der Waals surface area contributed by atoms with E-state index in [0.717, 1.165) is 5.56 Å². The Morgan fingerprint density at radius 3 is 2.08 bits per heavy atom. The molecule has 0 N–H and O–H groups in total.